The molecule has 0 aromatic carbocycles. The van der Waals surface area contributed by atoms with Crippen LogP contribution in [-0.4, -0.2) is 11.7 Å². The molecule has 11 heavy (non-hydrogen) atoms. The van der Waals surface area contributed by atoms with Crippen LogP contribution in [0.25, 0.3) is 0 Å². The van der Waals surface area contributed by atoms with Crippen LogP contribution < -0.4 is 5.73 Å². The summed E-state index contributed by atoms with van der Waals surface area (Å²) in [7, 11) is 0. The number of hydrogen-bond acceptors (Lipinski definition) is 3. The lowest BCUT2D eigenvalue weighted by atomic mass is 10.3. The van der Waals surface area contributed by atoms with Gasteiger partial charge in [-0.15, -0.1) is 23.7 Å². The lowest BCUT2D eigenvalue weighted by Crippen LogP contribution is -2.13. The first-order chi connectivity index (χ1) is 4.75. The summed E-state index contributed by atoms with van der Waals surface area (Å²) >= 11 is 4.88. The molecule has 0 aliphatic carbocycles. The van der Waals surface area contributed by atoms with Crippen LogP contribution in [0.2, 0.25) is 0 Å². The third-order valence-corrected chi connectivity index (χ3v) is 3.18. The summed E-state index contributed by atoms with van der Waals surface area (Å²) in [5, 5.41) is 10.6. The Morgan fingerprint density at radius 3 is 2.73 bits per heavy atom. The molecule has 5 heteroatoms. The highest BCUT2D eigenvalue weighted by Crippen LogP contribution is 2.27. The zero-order valence-electron chi connectivity index (χ0n) is 5.66. The Kier molecular flexibility index (Phi) is 5.29. The highest BCUT2D eigenvalue weighted by Gasteiger charge is 2.08. The standard InChI is InChI=1S/C6H8BrNOS.ClH/c7-4-1-2-10-6(4)5(8)3-9;/h1-2,5,9H,3,8H2;1H/t5-;/m0./s1. The normalized spacial score (nSPS) is 12.3. The van der Waals surface area contributed by atoms with Gasteiger partial charge in [0.1, 0.15) is 0 Å². The van der Waals surface area contributed by atoms with Crippen LogP contribution in [0.3, 0.4) is 0 Å². The fourth-order valence-electron chi connectivity index (χ4n) is 0.653. The number of aliphatic hydroxyl groups is 1. The third kappa shape index (κ3) is 2.72. The van der Waals surface area contributed by atoms with Gasteiger partial charge in [0.05, 0.1) is 12.6 Å². The topological polar surface area (TPSA) is 46.2 Å². The van der Waals surface area contributed by atoms with E-state index in [1.807, 2.05) is 11.4 Å². The van der Waals surface area contributed by atoms with E-state index in [4.69, 9.17) is 10.8 Å². The van der Waals surface area contributed by atoms with E-state index >= 15 is 0 Å². The molecule has 1 aromatic rings. The molecule has 0 spiro atoms. The van der Waals surface area contributed by atoms with Crippen LogP contribution in [0, 0.1) is 0 Å². The summed E-state index contributed by atoms with van der Waals surface area (Å²) in [6.07, 6.45) is 0. The minimum absolute atomic E-state index is 0. The molecule has 0 unspecified atom stereocenters. The molecule has 0 amide bonds. The van der Waals surface area contributed by atoms with Crippen molar-refractivity contribution in [1.29, 1.82) is 0 Å². The molecule has 1 aromatic heterocycles. The average molecular weight is 259 g/mol. The number of rotatable bonds is 2. The summed E-state index contributed by atoms with van der Waals surface area (Å²) in [5.41, 5.74) is 5.57. The van der Waals surface area contributed by atoms with E-state index in [9.17, 15) is 0 Å². The molecule has 1 heterocycles. The first-order valence-corrected chi connectivity index (χ1v) is 4.52. The molecule has 0 fully saturated rings. The summed E-state index contributed by atoms with van der Waals surface area (Å²) in [6, 6.07) is 1.68. The van der Waals surface area contributed by atoms with Crippen LogP contribution in [0.1, 0.15) is 10.9 Å². The minimum Gasteiger partial charge on any atom is -0.394 e. The number of thiophene rings is 1. The second kappa shape index (κ2) is 5.11. The van der Waals surface area contributed by atoms with E-state index in [-0.39, 0.29) is 25.1 Å². The van der Waals surface area contributed by atoms with Gasteiger partial charge in [0.15, 0.2) is 0 Å². The van der Waals surface area contributed by atoms with E-state index < -0.39 is 0 Å². The van der Waals surface area contributed by atoms with Crippen molar-refractivity contribution in [1.82, 2.24) is 0 Å². The van der Waals surface area contributed by atoms with Crippen molar-refractivity contribution in [3.63, 3.8) is 0 Å². The van der Waals surface area contributed by atoms with Gasteiger partial charge < -0.3 is 10.8 Å². The number of halogens is 2. The molecular formula is C6H9BrClNOS. The van der Waals surface area contributed by atoms with Gasteiger partial charge in [-0.1, -0.05) is 0 Å². The number of aliphatic hydroxyl groups excluding tert-OH is 1. The predicted molar refractivity (Wildman–Crippen MR) is 53.3 cm³/mol. The summed E-state index contributed by atoms with van der Waals surface area (Å²) in [6.45, 7) is -0.000880. The van der Waals surface area contributed by atoms with Gasteiger partial charge in [0.2, 0.25) is 0 Å². The van der Waals surface area contributed by atoms with Gasteiger partial charge in [0.25, 0.3) is 0 Å². The maximum Gasteiger partial charge on any atom is 0.0636 e. The molecule has 0 bridgehead atoms. The van der Waals surface area contributed by atoms with E-state index in [1.54, 1.807) is 11.3 Å². The second-order valence-corrected chi connectivity index (χ2v) is 3.72. The highest BCUT2D eigenvalue weighted by molar-refractivity contribution is 9.10. The van der Waals surface area contributed by atoms with Crippen LogP contribution in [0.4, 0.5) is 0 Å². The zero-order chi connectivity index (χ0) is 7.56. The van der Waals surface area contributed by atoms with Gasteiger partial charge >= 0.3 is 0 Å². The lowest BCUT2D eigenvalue weighted by molar-refractivity contribution is 0.269. The largest absolute Gasteiger partial charge is 0.394 e. The monoisotopic (exact) mass is 257 g/mol. The van der Waals surface area contributed by atoms with Crippen molar-refractivity contribution in [2.75, 3.05) is 6.61 Å². The van der Waals surface area contributed by atoms with Gasteiger partial charge in [-0.25, -0.2) is 0 Å². The molecule has 1 atom stereocenters. The van der Waals surface area contributed by atoms with Crippen molar-refractivity contribution in [3.8, 4) is 0 Å². The van der Waals surface area contributed by atoms with Crippen molar-refractivity contribution in [2.45, 2.75) is 6.04 Å². The molecule has 0 saturated carbocycles. The summed E-state index contributed by atoms with van der Waals surface area (Å²) in [4.78, 5) is 1.00. The second-order valence-electron chi connectivity index (χ2n) is 1.92. The Hall–Kier alpha value is 0.390. The van der Waals surface area contributed by atoms with E-state index in [0.29, 0.717) is 0 Å². The predicted octanol–water partition coefficient (Wildman–Crippen LogP) is 1.92. The van der Waals surface area contributed by atoms with Crippen molar-refractivity contribution in [2.24, 2.45) is 5.73 Å². The third-order valence-electron chi connectivity index (χ3n) is 1.18. The van der Waals surface area contributed by atoms with Gasteiger partial charge in [-0.3, -0.25) is 0 Å². The maximum absolute atomic E-state index is 8.69. The molecule has 64 valence electrons. The fraction of sp³-hybridized carbons (Fsp3) is 0.333. The van der Waals surface area contributed by atoms with E-state index in [2.05, 4.69) is 15.9 Å². The number of nitrogens with two attached hydrogens (primary N) is 1. The quantitative estimate of drug-likeness (QED) is 0.851. The molecular weight excluding hydrogens is 249 g/mol. The fourth-order valence-corrected chi connectivity index (χ4v) is 2.32. The zero-order valence-corrected chi connectivity index (χ0v) is 8.88. The molecule has 0 aliphatic heterocycles. The Morgan fingerprint density at radius 1 is 1.73 bits per heavy atom. The summed E-state index contributed by atoms with van der Waals surface area (Å²) in [5.74, 6) is 0. The Labute approximate surface area is 84.0 Å². The molecule has 0 saturated heterocycles. The summed E-state index contributed by atoms with van der Waals surface area (Å²) < 4.78 is 0.985. The van der Waals surface area contributed by atoms with Gasteiger partial charge in [-0.2, -0.15) is 0 Å². The average Bonchev–Trinajstić information content (AvgIpc) is 2.34. The van der Waals surface area contributed by atoms with Crippen LogP contribution in [0.15, 0.2) is 15.9 Å². The van der Waals surface area contributed by atoms with Crippen LogP contribution in [-0.2, 0) is 0 Å². The minimum atomic E-state index is -0.241. The van der Waals surface area contributed by atoms with Crippen molar-refractivity contribution < 1.29 is 5.11 Å². The molecule has 2 nitrogen and oxygen atoms in total. The molecule has 0 aliphatic rings. The molecule has 3 N–H and O–H groups in total. The maximum atomic E-state index is 8.69. The van der Waals surface area contributed by atoms with Gasteiger partial charge in [-0.05, 0) is 27.4 Å². The Morgan fingerprint density at radius 2 is 2.36 bits per heavy atom. The SMILES string of the molecule is Cl.N[C@@H](CO)c1sccc1Br. The highest BCUT2D eigenvalue weighted by atomic mass is 79.9. The van der Waals surface area contributed by atoms with E-state index in [0.717, 1.165) is 9.35 Å². The van der Waals surface area contributed by atoms with Crippen LogP contribution >= 0.6 is 39.7 Å². The first kappa shape index (κ1) is 11.4. The Bertz CT molecular complexity index is 218. The van der Waals surface area contributed by atoms with E-state index in [1.165, 1.54) is 0 Å². The number of hydrogen-bond donors (Lipinski definition) is 2. The van der Waals surface area contributed by atoms with Crippen molar-refractivity contribution >= 4 is 39.7 Å². The van der Waals surface area contributed by atoms with Crippen LogP contribution in [0.5, 0.6) is 0 Å². The molecule has 1 rings (SSSR count). The van der Waals surface area contributed by atoms with Gasteiger partial charge in [0, 0.05) is 9.35 Å². The lowest BCUT2D eigenvalue weighted by Gasteiger charge is -2.04. The van der Waals surface area contributed by atoms with Crippen molar-refractivity contribution in [3.05, 3.63) is 20.8 Å². The molecule has 0 radical (unpaired) electrons. The smallest absolute Gasteiger partial charge is 0.0636 e. The Balaban J connectivity index is 0.000001000. The first-order valence-electron chi connectivity index (χ1n) is 2.85.